The molecule has 3 unspecified atom stereocenters. The number of ether oxygens (including phenoxy) is 3. The van der Waals surface area contributed by atoms with E-state index in [0.717, 1.165) is 141 Å². The Hall–Kier alpha value is -3.08. The van der Waals surface area contributed by atoms with Crippen molar-refractivity contribution in [1.82, 2.24) is 0 Å². The molecule has 0 aliphatic heterocycles. The van der Waals surface area contributed by atoms with Crippen molar-refractivity contribution in [3.63, 3.8) is 0 Å². The molecule has 3 atom stereocenters. The second-order valence-electron chi connectivity index (χ2n) is 19.8. The number of hydrogen-bond donors (Lipinski definition) is 2. The molecule has 0 heterocycles. The lowest BCUT2D eigenvalue weighted by Crippen LogP contribution is -2.30. The molecule has 0 saturated carbocycles. The van der Waals surface area contributed by atoms with Gasteiger partial charge in [0, 0.05) is 19.3 Å². The highest BCUT2D eigenvalue weighted by Crippen LogP contribution is 2.43. The minimum atomic E-state index is -4.76. The van der Waals surface area contributed by atoms with Gasteiger partial charge in [-0.1, -0.05) is 209 Å². The lowest BCUT2D eigenvalue weighted by atomic mass is 10.1. The third-order valence-corrected chi connectivity index (χ3v) is 13.5. The summed E-state index contributed by atoms with van der Waals surface area (Å²) in [6.45, 7) is 4.49. The van der Waals surface area contributed by atoms with Crippen molar-refractivity contribution in [1.29, 1.82) is 0 Å². The van der Waals surface area contributed by atoms with Crippen LogP contribution >= 0.6 is 7.82 Å². The molecule has 11 nitrogen and oxygen atoms in total. The number of carbonyl (C=O) groups is 3. The van der Waals surface area contributed by atoms with E-state index in [1.54, 1.807) is 0 Å². The Morgan fingerprint density at radius 3 is 1.11 bits per heavy atom. The van der Waals surface area contributed by atoms with Gasteiger partial charge in [0.2, 0.25) is 0 Å². The number of rotatable bonds is 55. The average Bonchev–Trinajstić information content (AvgIpc) is 3.39. The number of aliphatic hydroxyl groups excluding tert-OH is 1. The van der Waals surface area contributed by atoms with E-state index in [1.165, 1.54) is 64.2 Å². The first-order valence-corrected chi connectivity index (χ1v) is 31.3. The zero-order valence-electron chi connectivity index (χ0n) is 47.3. The predicted octanol–water partition coefficient (Wildman–Crippen LogP) is 17.7. The van der Waals surface area contributed by atoms with Crippen LogP contribution in [0.1, 0.15) is 265 Å². The summed E-state index contributed by atoms with van der Waals surface area (Å²) in [5.41, 5.74) is 0. The number of phosphoric ester groups is 1. The van der Waals surface area contributed by atoms with E-state index >= 15 is 0 Å². The Labute approximate surface area is 452 Å². The quantitative estimate of drug-likeness (QED) is 0.0197. The van der Waals surface area contributed by atoms with Gasteiger partial charge in [0.15, 0.2) is 6.10 Å². The molecule has 0 bridgehead atoms. The monoisotopic (exact) mass is 1060 g/mol. The third-order valence-electron chi connectivity index (χ3n) is 12.6. The average molecular weight is 1060 g/mol. The van der Waals surface area contributed by atoms with Crippen LogP contribution in [0.5, 0.6) is 0 Å². The predicted molar refractivity (Wildman–Crippen MR) is 307 cm³/mol. The van der Waals surface area contributed by atoms with Crippen molar-refractivity contribution in [3.05, 3.63) is 72.9 Å². The highest BCUT2D eigenvalue weighted by atomic mass is 31.2. The van der Waals surface area contributed by atoms with Gasteiger partial charge < -0.3 is 24.2 Å². The summed E-state index contributed by atoms with van der Waals surface area (Å²) in [4.78, 5) is 48.6. The van der Waals surface area contributed by atoms with Crippen LogP contribution in [0.25, 0.3) is 0 Å². The molecule has 0 aliphatic rings. The van der Waals surface area contributed by atoms with Crippen LogP contribution in [0.2, 0.25) is 0 Å². The molecular formula is C62H109O11P. The molecule has 0 amide bonds. The van der Waals surface area contributed by atoms with Gasteiger partial charge in [0.1, 0.15) is 12.7 Å². The molecule has 2 N–H and O–H groups in total. The maximum Gasteiger partial charge on any atom is 0.472 e. The number of allylic oxidation sites excluding steroid dienone is 12. The van der Waals surface area contributed by atoms with E-state index in [1.807, 2.05) is 0 Å². The summed E-state index contributed by atoms with van der Waals surface area (Å²) < 4.78 is 39.5. The van der Waals surface area contributed by atoms with Crippen LogP contribution in [0, 0.1) is 0 Å². The Morgan fingerprint density at radius 1 is 0.392 bits per heavy atom. The van der Waals surface area contributed by atoms with E-state index in [9.17, 15) is 28.9 Å². The molecule has 0 saturated heterocycles. The SMILES string of the molecule is CC/C=C\C/C=C\C/C=C\C/C=C\CCCCCCCCC(=O)OCC(COP(=O)(O)OCC(CO)OC(=O)CCCCCCC/C=C\CCCCCC)OC(=O)CCCCCCC/C=C\CCCCCCCC. The fourth-order valence-corrected chi connectivity index (χ4v) is 8.83. The van der Waals surface area contributed by atoms with E-state index in [-0.39, 0.29) is 25.9 Å². The fourth-order valence-electron chi connectivity index (χ4n) is 8.04. The van der Waals surface area contributed by atoms with Gasteiger partial charge in [0.05, 0.1) is 19.8 Å². The molecule has 0 spiro atoms. The molecular weight excluding hydrogens is 952 g/mol. The van der Waals surface area contributed by atoms with E-state index in [0.29, 0.717) is 19.3 Å². The maximum atomic E-state index is 12.9. The van der Waals surface area contributed by atoms with Crippen LogP contribution in [-0.2, 0) is 42.2 Å². The number of hydrogen-bond acceptors (Lipinski definition) is 10. The maximum absolute atomic E-state index is 12.9. The molecule has 74 heavy (non-hydrogen) atoms. The standard InChI is InChI=1S/C62H109O11P/c1-4-7-10-13-16-19-22-25-27-28-29-30-32-34-36-39-42-45-48-51-60(64)69-55-59(73-62(66)53-50-47-44-41-38-35-31-26-23-20-17-14-11-8-5-2)57-71-74(67,68)70-56-58(54-63)72-61(65)52-49-46-43-40-37-33-24-21-18-15-12-9-6-3/h7,10,16,19,21,24-27,29-31,58-59,63H,4-6,8-9,11-15,17-18,20,22-23,28,32-57H2,1-3H3,(H,67,68)/b10-7-,19-16-,24-21-,27-25-,30-29-,31-26-. The number of aliphatic hydroxyl groups is 1. The molecule has 0 aromatic heterocycles. The van der Waals surface area contributed by atoms with Crippen LogP contribution in [-0.4, -0.2) is 66.5 Å². The third kappa shape index (κ3) is 53.7. The highest BCUT2D eigenvalue weighted by Gasteiger charge is 2.28. The zero-order valence-corrected chi connectivity index (χ0v) is 48.2. The first kappa shape index (κ1) is 70.9. The summed E-state index contributed by atoms with van der Waals surface area (Å²) >= 11 is 0. The van der Waals surface area contributed by atoms with Crippen molar-refractivity contribution in [3.8, 4) is 0 Å². The summed E-state index contributed by atoms with van der Waals surface area (Å²) in [5.74, 6) is -1.49. The second-order valence-corrected chi connectivity index (χ2v) is 21.2. The van der Waals surface area contributed by atoms with Crippen molar-refractivity contribution in [2.75, 3.05) is 26.4 Å². The van der Waals surface area contributed by atoms with Crippen LogP contribution in [0.3, 0.4) is 0 Å². The zero-order chi connectivity index (χ0) is 54.1. The molecule has 0 radical (unpaired) electrons. The lowest BCUT2D eigenvalue weighted by Gasteiger charge is -2.21. The summed E-state index contributed by atoms with van der Waals surface area (Å²) in [5, 5.41) is 9.81. The largest absolute Gasteiger partial charge is 0.472 e. The van der Waals surface area contributed by atoms with Crippen molar-refractivity contribution < 1.29 is 52.2 Å². The van der Waals surface area contributed by atoms with Gasteiger partial charge in [-0.05, 0) is 109 Å². The number of carbonyl (C=O) groups excluding carboxylic acids is 3. The molecule has 0 aromatic carbocycles. The second kappa shape index (κ2) is 56.1. The Kier molecular flexibility index (Phi) is 53.8. The Morgan fingerprint density at radius 2 is 0.703 bits per heavy atom. The first-order valence-electron chi connectivity index (χ1n) is 29.8. The molecule has 0 fully saturated rings. The van der Waals surface area contributed by atoms with Crippen molar-refractivity contribution in [2.45, 2.75) is 277 Å². The molecule has 0 aliphatic carbocycles. The molecule has 12 heteroatoms. The topological polar surface area (TPSA) is 155 Å². The molecule has 428 valence electrons. The van der Waals surface area contributed by atoms with Crippen LogP contribution < -0.4 is 0 Å². The first-order chi connectivity index (χ1) is 36.2. The summed E-state index contributed by atoms with van der Waals surface area (Å²) in [7, 11) is -4.76. The smallest absolute Gasteiger partial charge is 0.462 e. The number of esters is 3. The summed E-state index contributed by atoms with van der Waals surface area (Å²) in [6.07, 6.45) is 62.8. The van der Waals surface area contributed by atoms with E-state index in [2.05, 4.69) is 93.7 Å². The Bertz CT molecular complexity index is 1520. The normalized spacial score (nSPS) is 13.9. The summed E-state index contributed by atoms with van der Waals surface area (Å²) in [6, 6.07) is 0. The van der Waals surface area contributed by atoms with Gasteiger partial charge in [0.25, 0.3) is 0 Å². The fraction of sp³-hybridized carbons (Fsp3) is 0.758. The van der Waals surface area contributed by atoms with E-state index in [4.69, 9.17) is 23.3 Å². The van der Waals surface area contributed by atoms with Gasteiger partial charge in [-0.25, -0.2) is 4.57 Å². The number of phosphoric acid groups is 1. The van der Waals surface area contributed by atoms with Gasteiger partial charge >= 0.3 is 25.7 Å². The lowest BCUT2D eigenvalue weighted by molar-refractivity contribution is -0.161. The Balaban J connectivity index is 4.75. The minimum Gasteiger partial charge on any atom is -0.462 e. The highest BCUT2D eigenvalue weighted by molar-refractivity contribution is 7.47. The van der Waals surface area contributed by atoms with Crippen LogP contribution in [0.4, 0.5) is 0 Å². The van der Waals surface area contributed by atoms with Gasteiger partial charge in [-0.15, -0.1) is 0 Å². The van der Waals surface area contributed by atoms with Gasteiger partial charge in [-0.2, -0.15) is 0 Å². The van der Waals surface area contributed by atoms with Crippen molar-refractivity contribution in [2.24, 2.45) is 0 Å². The molecule has 0 aromatic rings. The van der Waals surface area contributed by atoms with Crippen LogP contribution in [0.15, 0.2) is 72.9 Å². The molecule has 0 rings (SSSR count). The minimum absolute atomic E-state index is 0.153. The van der Waals surface area contributed by atoms with Gasteiger partial charge in [-0.3, -0.25) is 23.4 Å². The van der Waals surface area contributed by atoms with E-state index < -0.39 is 57.8 Å². The number of unbranched alkanes of at least 4 members (excludes halogenated alkanes) is 26. The van der Waals surface area contributed by atoms with Crippen molar-refractivity contribution >= 4 is 25.7 Å².